The Balaban J connectivity index is 1.55. The zero-order valence-electron chi connectivity index (χ0n) is 13.4. The lowest BCUT2D eigenvalue weighted by atomic mass is 9.89. The number of piperidine rings is 1. The summed E-state index contributed by atoms with van der Waals surface area (Å²) in [4.78, 5) is 14.2. The average molecular weight is 342 g/mol. The highest BCUT2D eigenvalue weighted by atomic mass is 35.5. The number of amides is 1. The van der Waals surface area contributed by atoms with Crippen LogP contribution in [0.5, 0.6) is 5.75 Å². The first-order valence-corrected chi connectivity index (χ1v) is 8.51. The van der Waals surface area contributed by atoms with Gasteiger partial charge in [-0.05, 0) is 60.2 Å². The van der Waals surface area contributed by atoms with Gasteiger partial charge in [0, 0.05) is 24.2 Å². The Morgan fingerprint density at radius 3 is 2.29 bits per heavy atom. The molecule has 0 aliphatic carbocycles. The standard InChI is InChI=1S/C20H20ClNO2/c21-18-6-1-15(2-7-18)3-10-20(24)22-13-11-17(12-14-22)16-4-8-19(23)9-5-16/h1-10,17,23H,11-14H2/b10-3+. The van der Waals surface area contributed by atoms with Gasteiger partial charge in [-0.25, -0.2) is 0 Å². The van der Waals surface area contributed by atoms with Gasteiger partial charge in [-0.15, -0.1) is 0 Å². The first-order valence-electron chi connectivity index (χ1n) is 8.13. The minimum Gasteiger partial charge on any atom is -0.508 e. The fourth-order valence-electron chi connectivity index (χ4n) is 3.03. The fraction of sp³-hybridized carbons (Fsp3) is 0.250. The topological polar surface area (TPSA) is 40.5 Å². The smallest absolute Gasteiger partial charge is 0.246 e. The molecule has 1 amide bonds. The van der Waals surface area contributed by atoms with E-state index in [0.717, 1.165) is 31.5 Å². The third-order valence-corrected chi connectivity index (χ3v) is 4.71. The molecule has 1 aliphatic rings. The lowest BCUT2D eigenvalue weighted by Crippen LogP contribution is -2.36. The van der Waals surface area contributed by atoms with Gasteiger partial charge in [-0.1, -0.05) is 35.9 Å². The summed E-state index contributed by atoms with van der Waals surface area (Å²) in [5.41, 5.74) is 2.20. The number of benzene rings is 2. The molecule has 0 unspecified atom stereocenters. The molecule has 2 aromatic rings. The summed E-state index contributed by atoms with van der Waals surface area (Å²) in [5, 5.41) is 10.1. The van der Waals surface area contributed by atoms with Crippen molar-refractivity contribution in [2.24, 2.45) is 0 Å². The quantitative estimate of drug-likeness (QED) is 0.837. The van der Waals surface area contributed by atoms with Crippen molar-refractivity contribution in [3.63, 3.8) is 0 Å². The van der Waals surface area contributed by atoms with E-state index in [1.54, 1.807) is 18.2 Å². The van der Waals surface area contributed by atoms with Crippen molar-refractivity contribution in [3.8, 4) is 5.75 Å². The Kier molecular flexibility index (Phi) is 5.21. The number of nitrogens with zero attached hydrogens (tertiary/aromatic N) is 1. The number of aromatic hydroxyl groups is 1. The highest BCUT2D eigenvalue weighted by molar-refractivity contribution is 6.30. The van der Waals surface area contributed by atoms with Crippen LogP contribution in [-0.4, -0.2) is 29.0 Å². The zero-order valence-corrected chi connectivity index (χ0v) is 14.1. The van der Waals surface area contributed by atoms with Gasteiger partial charge in [0.2, 0.25) is 5.91 Å². The fourth-order valence-corrected chi connectivity index (χ4v) is 3.15. The molecule has 24 heavy (non-hydrogen) atoms. The van der Waals surface area contributed by atoms with E-state index in [1.807, 2.05) is 47.4 Å². The molecule has 0 bridgehead atoms. The van der Waals surface area contributed by atoms with Crippen LogP contribution in [0.3, 0.4) is 0 Å². The molecule has 1 fully saturated rings. The van der Waals surface area contributed by atoms with Gasteiger partial charge in [-0.2, -0.15) is 0 Å². The molecule has 124 valence electrons. The predicted molar refractivity (Wildman–Crippen MR) is 97.1 cm³/mol. The summed E-state index contributed by atoms with van der Waals surface area (Å²) in [6.45, 7) is 1.52. The number of phenols is 1. The molecule has 1 saturated heterocycles. The normalized spacial score (nSPS) is 15.8. The molecule has 3 rings (SSSR count). The molecule has 1 N–H and O–H groups in total. The summed E-state index contributed by atoms with van der Waals surface area (Å²) in [7, 11) is 0. The third kappa shape index (κ3) is 4.18. The largest absolute Gasteiger partial charge is 0.508 e. The average Bonchev–Trinajstić information content (AvgIpc) is 2.62. The maximum atomic E-state index is 12.3. The number of carbonyl (C=O) groups excluding carboxylic acids is 1. The minimum absolute atomic E-state index is 0.0501. The minimum atomic E-state index is 0.0501. The lowest BCUT2D eigenvalue weighted by Gasteiger charge is -2.31. The van der Waals surface area contributed by atoms with E-state index in [9.17, 15) is 9.90 Å². The SMILES string of the molecule is O=C(/C=C/c1ccc(Cl)cc1)N1CCC(c2ccc(O)cc2)CC1. The van der Waals surface area contributed by atoms with Gasteiger partial charge in [0.05, 0.1) is 0 Å². The molecular formula is C20H20ClNO2. The summed E-state index contributed by atoms with van der Waals surface area (Å²) in [6, 6.07) is 14.8. The van der Waals surface area contributed by atoms with Crippen LogP contribution in [0.1, 0.15) is 29.9 Å². The first kappa shape index (κ1) is 16.6. The van der Waals surface area contributed by atoms with Gasteiger partial charge in [0.25, 0.3) is 0 Å². The van der Waals surface area contributed by atoms with Gasteiger partial charge in [0.1, 0.15) is 5.75 Å². The Morgan fingerprint density at radius 2 is 1.67 bits per heavy atom. The van der Waals surface area contributed by atoms with Crippen molar-refractivity contribution in [3.05, 3.63) is 70.8 Å². The van der Waals surface area contributed by atoms with Crippen molar-refractivity contribution in [2.75, 3.05) is 13.1 Å². The third-order valence-electron chi connectivity index (χ3n) is 4.46. The molecule has 4 heteroatoms. The molecule has 0 radical (unpaired) electrons. The number of rotatable bonds is 3. The molecular weight excluding hydrogens is 322 g/mol. The van der Waals surface area contributed by atoms with E-state index in [0.29, 0.717) is 16.7 Å². The Bertz CT molecular complexity index is 714. The molecule has 3 nitrogen and oxygen atoms in total. The Morgan fingerprint density at radius 1 is 1.04 bits per heavy atom. The zero-order chi connectivity index (χ0) is 16.9. The Labute approximate surface area is 147 Å². The van der Waals surface area contributed by atoms with E-state index >= 15 is 0 Å². The number of likely N-dealkylation sites (tertiary alicyclic amines) is 1. The van der Waals surface area contributed by atoms with Gasteiger partial charge < -0.3 is 10.0 Å². The summed E-state index contributed by atoms with van der Waals surface area (Å²) in [6.07, 6.45) is 5.35. The lowest BCUT2D eigenvalue weighted by molar-refractivity contribution is -0.126. The van der Waals surface area contributed by atoms with Crippen LogP contribution in [0.15, 0.2) is 54.6 Å². The van der Waals surface area contributed by atoms with Crippen LogP contribution in [0.4, 0.5) is 0 Å². The number of halogens is 1. The highest BCUT2D eigenvalue weighted by Gasteiger charge is 2.22. The van der Waals surface area contributed by atoms with Crippen LogP contribution in [0, 0.1) is 0 Å². The van der Waals surface area contributed by atoms with E-state index in [-0.39, 0.29) is 5.91 Å². The second kappa shape index (κ2) is 7.54. The van der Waals surface area contributed by atoms with Gasteiger partial charge in [-0.3, -0.25) is 4.79 Å². The highest BCUT2D eigenvalue weighted by Crippen LogP contribution is 2.29. The van der Waals surface area contributed by atoms with Crippen molar-refractivity contribution in [1.82, 2.24) is 4.90 Å². The van der Waals surface area contributed by atoms with Crippen LogP contribution in [-0.2, 0) is 4.79 Å². The molecule has 1 heterocycles. The molecule has 1 aliphatic heterocycles. The van der Waals surface area contributed by atoms with Gasteiger partial charge >= 0.3 is 0 Å². The molecule has 2 aromatic carbocycles. The molecule has 0 saturated carbocycles. The number of carbonyl (C=O) groups is 1. The van der Waals surface area contributed by atoms with Crippen LogP contribution >= 0.6 is 11.6 Å². The monoisotopic (exact) mass is 341 g/mol. The second-order valence-electron chi connectivity index (χ2n) is 6.08. The first-order chi connectivity index (χ1) is 11.6. The van der Waals surface area contributed by atoms with Crippen LogP contribution in [0.2, 0.25) is 5.02 Å². The van der Waals surface area contributed by atoms with E-state index in [1.165, 1.54) is 5.56 Å². The van der Waals surface area contributed by atoms with E-state index in [4.69, 9.17) is 11.6 Å². The van der Waals surface area contributed by atoms with Crippen molar-refractivity contribution in [2.45, 2.75) is 18.8 Å². The van der Waals surface area contributed by atoms with E-state index in [2.05, 4.69) is 0 Å². The van der Waals surface area contributed by atoms with Crippen molar-refractivity contribution >= 4 is 23.6 Å². The number of hydrogen-bond donors (Lipinski definition) is 1. The van der Waals surface area contributed by atoms with Crippen LogP contribution in [0.25, 0.3) is 6.08 Å². The Hall–Kier alpha value is -2.26. The summed E-state index contributed by atoms with van der Waals surface area (Å²) >= 11 is 5.86. The van der Waals surface area contributed by atoms with E-state index < -0.39 is 0 Å². The number of hydrogen-bond acceptors (Lipinski definition) is 2. The predicted octanol–water partition coefficient (Wildman–Crippen LogP) is 4.47. The molecule has 0 atom stereocenters. The van der Waals surface area contributed by atoms with Crippen molar-refractivity contribution in [1.29, 1.82) is 0 Å². The molecule has 0 aromatic heterocycles. The van der Waals surface area contributed by atoms with Gasteiger partial charge in [0.15, 0.2) is 0 Å². The molecule has 0 spiro atoms. The maximum Gasteiger partial charge on any atom is 0.246 e. The van der Waals surface area contributed by atoms with Crippen LogP contribution < -0.4 is 0 Å². The maximum absolute atomic E-state index is 12.3. The van der Waals surface area contributed by atoms with Crippen molar-refractivity contribution < 1.29 is 9.90 Å². The summed E-state index contributed by atoms with van der Waals surface area (Å²) in [5.74, 6) is 0.794. The second-order valence-corrected chi connectivity index (χ2v) is 6.51. The number of phenolic OH excluding ortho intramolecular Hbond substituents is 1. The summed E-state index contributed by atoms with van der Waals surface area (Å²) < 4.78 is 0.